The molecule has 0 unspecified atom stereocenters. The molecule has 3 heterocycles. The number of nitrogens with one attached hydrogen (secondary N) is 2. The Morgan fingerprint density at radius 1 is 1.33 bits per heavy atom. The number of rotatable bonds is 7. The summed E-state index contributed by atoms with van der Waals surface area (Å²) in [5.41, 5.74) is -0.255. The maximum absolute atomic E-state index is 12.9. The Kier molecular flexibility index (Phi) is 6.07. The van der Waals surface area contributed by atoms with Gasteiger partial charge in [-0.1, -0.05) is 0 Å². The van der Waals surface area contributed by atoms with Gasteiger partial charge in [-0.15, -0.1) is 11.3 Å². The molecule has 1 saturated heterocycles. The molecule has 146 valence electrons. The van der Waals surface area contributed by atoms with E-state index in [2.05, 4.69) is 20.7 Å². The van der Waals surface area contributed by atoms with Gasteiger partial charge in [-0.2, -0.15) is 5.10 Å². The van der Waals surface area contributed by atoms with Gasteiger partial charge in [-0.3, -0.25) is 14.3 Å². The van der Waals surface area contributed by atoms with E-state index < -0.39 is 5.54 Å². The molecule has 2 aromatic heterocycles. The van der Waals surface area contributed by atoms with E-state index in [9.17, 15) is 9.59 Å². The number of thiazole rings is 1. The van der Waals surface area contributed by atoms with Crippen molar-refractivity contribution in [2.24, 2.45) is 7.05 Å². The van der Waals surface area contributed by atoms with Crippen molar-refractivity contribution in [1.82, 2.24) is 25.0 Å². The summed E-state index contributed by atoms with van der Waals surface area (Å²) < 4.78 is 6.58. The number of hydrogen-bond acceptors (Lipinski definition) is 7. The number of amides is 2. The first kappa shape index (κ1) is 19.3. The SMILES string of the molecule is COCCNC(=O)C1(Nc2nccs2)CCN(C(=O)c2ccnn2C)CC1. The molecular formula is C17H24N6O3S. The Morgan fingerprint density at radius 3 is 2.70 bits per heavy atom. The zero-order chi connectivity index (χ0) is 19.3. The van der Waals surface area contributed by atoms with E-state index in [4.69, 9.17) is 4.74 Å². The topological polar surface area (TPSA) is 101 Å². The number of aryl methyl sites for hydroxylation is 1. The summed E-state index contributed by atoms with van der Waals surface area (Å²) in [6.07, 6.45) is 4.29. The van der Waals surface area contributed by atoms with Crippen molar-refractivity contribution in [2.45, 2.75) is 18.4 Å². The third kappa shape index (κ3) is 4.28. The number of anilines is 1. The first-order valence-corrected chi connectivity index (χ1v) is 9.66. The van der Waals surface area contributed by atoms with Gasteiger partial charge in [-0.05, 0) is 18.9 Å². The summed E-state index contributed by atoms with van der Waals surface area (Å²) in [5.74, 6) is -0.167. The van der Waals surface area contributed by atoms with Crippen LogP contribution in [0.15, 0.2) is 23.8 Å². The van der Waals surface area contributed by atoms with Crippen LogP contribution in [0.5, 0.6) is 0 Å². The van der Waals surface area contributed by atoms with Crippen LogP contribution in [0.2, 0.25) is 0 Å². The predicted octanol–water partition coefficient (Wildman–Crippen LogP) is 0.726. The van der Waals surface area contributed by atoms with E-state index in [0.717, 1.165) is 0 Å². The summed E-state index contributed by atoms with van der Waals surface area (Å²) in [6.45, 7) is 1.83. The number of ether oxygens (including phenoxy) is 1. The molecule has 27 heavy (non-hydrogen) atoms. The van der Waals surface area contributed by atoms with E-state index in [1.807, 2.05) is 5.38 Å². The zero-order valence-corrected chi connectivity index (χ0v) is 16.3. The average Bonchev–Trinajstić information content (AvgIpc) is 3.33. The molecule has 0 atom stereocenters. The maximum atomic E-state index is 12.9. The number of carbonyl (C=O) groups excluding carboxylic acids is 2. The second kappa shape index (κ2) is 8.49. The average molecular weight is 392 g/mol. The third-order valence-corrected chi connectivity index (χ3v) is 5.44. The van der Waals surface area contributed by atoms with Crippen molar-refractivity contribution in [1.29, 1.82) is 0 Å². The van der Waals surface area contributed by atoms with E-state index in [1.54, 1.807) is 42.2 Å². The molecule has 0 radical (unpaired) electrons. The molecule has 0 aliphatic carbocycles. The molecule has 1 aliphatic rings. The highest BCUT2D eigenvalue weighted by Gasteiger charge is 2.43. The van der Waals surface area contributed by atoms with Crippen LogP contribution < -0.4 is 10.6 Å². The van der Waals surface area contributed by atoms with Gasteiger partial charge in [0.2, 0.25) is 5.91 Å². The minimum atomic E-state index is -0.797. The van der Waals surface area contributed by atoms with Gasteiger partial charge < -0.3 is 20.3 Å². The van der Waals surface area contributed by atoms with E-state index >= 15 is 0 Å². The van der Waals surface area contributed by atoms with E-state index in [1.165, 1.54) is 11.3 Å². The van der Waals surface area contributed by atoms with Crippen molar-refractivity contribution in [2.75, 3.05) is 38.7 Å². The van der Waals surface area contributed by atoms with Crippen molar-refractivity contribution >= 4 is 28.3 Å². The molecule has 3 rings (SSSR count). The molecule has 1 aliphatic heterocycles. The highest BCUT2D eigenvalue weighted by molar-refractivity contribution is 7.13. The fraction of sp³-hybridized carbons (Fsp3) is 0.529. The largest absolute Gasteiger partial charge is 0.383 e. The van der Waals surface area contributed by atoms with Crippen LogP contribution >= 0.6 is 11.3 Å². The van der Waals surface area contributed by atoms with Crippen molar-refractivity contribution in [3.8, 4) is 0 Å². The molecular weight excluding hydrogens is 368 g/mol. The standard InChI is InChI=1S/C17H24N6O3S/c1-22-13(3-6-20-22)14(24)23-9-4-17(5-10-23,15(25)18-7-11-26-2)21-16-19-8-12-27-16/h3,6,8,12H,4-5,7,9-11H2,1-2H3,(H,18,25)(H,19,21). The highest BCUT2D eigenvalue weighted by Crippen LogP contribution is 2.29. The predicted molar refractivity (Wildman–Crippen MR) is 102 cm³/mol. The van der Waals surface area contributed by atoms with Crippen LogP contribution in [-0.4, -0.2) is 70.4 Å². The number of aromatic nitrogens is 3. The summed E-state index contributed by atoms with van der Waals surface area (Å²) in [7, 11) is 3.34. The lowest BCUT2D eigenvalue weighted by Crippen LogP contribution is -2.59. The monoisotopic (exact) mass is 392 g/mol. The maximum Gasteiger partial charge on any atom is 0.272 e. The summed E-state index contributed by atoms with van der Waals surface area (Å²) in [6, 6.07) is 1.70. The van der Waals surface area contributed by atoms with Gasteiger partial charge in [-0.25, -0.2) is 4.98 Å². The van der Waals surface area contributed by atoms with Crippen molar-refractivity contribution < 1.29 is 14.3 Å². The third-order valence-electron chi connectivity index (χ3n) is 4.75. The Bertz CT molecular complexity index is 767. The van der Waals surface area contributed by atoms with Gasteiger partial charge in [0.05, 0.1) is 6.61 Å². The quantitative estimate of drug-likeness (QED) is 0.674. The number of nitrogens with zero attached hydrogens (tertiary/aromatic N) is 4. The second-order valence-corrected chi connectivity index (χ2v) is 7.32. The smallest absolute Gasteiger partial charge is 0.272 e. The number of piperidine rings is 1. The highest BCUT2D eigenvalue weighted by atomic mass is 32.1. The van der Waals surface area contributed by atoms with E-state index in [0.29, 0.717) is 49.9 Å². The minimum Gasteiger partial charge on any atom is -0.383 e. The zero-order valence-electron chi connectivity index (χ0n) is 15.5. The van der Waals surface area contributed by atoms with Crippen LogP contribution in [0, 0.1) is 0 Å². The van der Waals surface area contributed by atoms with Crippen LogP contribution in [0.1, 0.15) is 23.3 Å². The Morgan fingerprint density at radius 2 is 2.11 bits per heavy atom. The molecule has 1 fully saturated rings. The Balaban J connectivity index is 1.70. The van der Waals surface area contributed by atoms with Crippen LogP contribution in [-0.2, 0) is 16.6 Å². The first-order valence-electron chi connectivity index (χ1n) is 8.78. The lowest BCUT2D eigenvalue weighted by molar-refractivity contribution is -0.127. The summed E-state index contributed by atoms with van der Waals surface area (Å²) in [4.78, 5) is 31.6. The van der Waals surface area contributed by atoms with Crippen molar-refractivity contribution in [3.63, 3.8) is 0 Å². The molecule has 9 nitrogen and oxygen atoms in total. The number of carbonyl (C=O) groups is 2. The number of methoxy groups -OCH3 is 1. The fourth-order valence-electron chi connectivity index (χ4n) is 3.17. The molecule has 2 amide bonds. The number of hydrogen-bond donors (Lipinski definition) is 2. The van der Waals surface area contributed by atoms with Gasteiger partial charge in [0.15, 0.2) is 5.13 Å². The molecule has 0 spiro atoms. The number of likely N-dealkylation sites (tertiary alicyclic amines) is 1. The normalized spacial score (nSPS) is 16.1. The second-order valence-electron chi connectivity index (χ2n) is 6.43. The van der Waals surface area contributed by atoms with Gasteiger partial charge in [0.25, 0.3) is 5.91 Å². The van der Waals surface area contributed by atoms with Gasteiger partial charge >= 0.3 is 0 Å². The molecule has 2 N–H and O–H groups in total. The van der Waals surface area contributed by atoms with Crippen LogP contribution in [0.25, 0.3) is 0 Å². The van der Waals surface area contributed by atoms with Crippen LogP contribution in [0.4, 0.5) is 5.13 Å². The lowest BCUT2D eigenvalue weighted by atomic mass is 9.86. The van der Waals surface area contributed by atoms with Gasteiger partial charge in [0, 0.05) is 51.6 Å². The molecule has 10 heteroatoms. The Hall–Kier alpha value is -2.46. The molecule has 0 saturated carbocycles. The molecule has 0 aromatic carbocycles. The Labute approximate surface area is 161 Å². The summed E-state index contributed by atoms with van der Waals surface area (Å²) >= 11 is 1.45. The lowest BCUT2D eigenvalue weighted by Gasteiger charge is -2.41. The van der Waals surface area contributed by atoms with Crippen LogP contribution in [0.3, 0.4) is 0 Å². The molecule has 0 bridgehead atoms. The van der Waals surface area contributed by atoms with Crippen molar-refractivity contribution in [3.05, 3.63) is 29.5 Å². The minimum absolute atomic E-state index is 0.0716. The summed E-state index contributed by atoms with van der Waals surface area (Å²) in [5, 5.41) is 12.8. The first-order chi connectivity index (χ1) is 13.1. The van der Waals surface area contributed by atoms with E-state index in [-0.39, 0.29) is 11.8 Å². The van der Waals surface area contributed by atoms with Gasteiger partial charge in [0.1, 0.15) is 11.2 Å². The fourth-order valence-corrected chi connectivity index (χ4v) is 3.80. The molecule has 2 aromatic rings.